The fraction of sp³-hybridized carbons (Fsp3) is 0.182. The van der Waals surface area contributed by atoms with Crippen LogP contribution in [0.15, 0.2) is 18.3 Å². The summed E-state index contributed by atoms with van der Waals surface area (Å²) >= 11 is 0. The molecule has 1 aromatic carbocycles. The molecule has 0 spiro atoms. The minimum absolute atomic E-state index is 0.0130. The lowest BCUT2D eigenvalue weighted by Crippen LogP contribution is -2.08. The molecule has 1 heterocycles. The van der Waals surface area contributed by atoms with E-state index in [4.69, 9.17) is 5.73 Å². The first-order valence-corrected chi connectivity index (χ1v) is 5.54. The van der Waals surface area contributed by atoms with E-state index in [1.165, 1.54) is 10.9 Å². The van der Waals surface area contributed by atoms with Crippen molar-refractivity contribution >= 4 is 17.2 Å². The zero-order valence-corrected chi connectivity index (χ0v) is 10.4. The van der Waals surface area contributed by atoms with Crippen LogP contribution in [0.4, 0.5) is 26.0 Å². The number of rotatable bonds is 4. The van der Waals surface area contributed by atoms with Crippen molar-refractivity contribution in [1.82, 2.24) is 9.78 Å². The van der Waals surface area contributed by atoms with Crippen molar-refractivity contribution in [3.63, 3.8) is 0 Å². The fourth-order valence-electron chi connectivity index (χ4n) is 1.67. The number of hydrogen-bond donors (Lipinski definition) is 2. The van der Waals surface area contributed by atoms with E-state index in [-0.39, 0.29) is 6.54 Å². The quantitative estimate of drug-likeness (QED) is 0.658. The molecular formula is C11H11F2N5O2. The summed E-state index contributed by atoms with van der Waals surface area (Å²) in [5.41, 5.74) is 5.15. The van der Waals surface area contributed by atoms with Gasteiger partial charge in [0.05, 0.1) is 11.1 Å². The molecule has 106 valence electrons. The monoisotopic (exact) mass is 283 g/mol. The first-order valence-electron chi connectivity index (χ1n) is 5.54. The molecular weight excluding hydrogens is 272 g/mol. The second-order valence-corrected chi connectivity index (χ2v) is 4.04. The lowest BCUT2D eigenvalue weighted by Gasteiger charge is -2.08. The normalized spacial score (nSPS) is 10.6. The summed E-state index contributed by atoms with van der Waals surface area (Å²) in [6.07, 6.45) is 1.44. The highest BCUT2D eigenvalue weighted by Gasteiger charge is 2.21. The topological polar surface area (TPSA) is 99.0 Å². The van der Waals surface area contributed by atoms with Crippen LogP contribution < -0.4 is 11.1 Å². The van der Waals surface area contributed by atoms with Crippen LogP contribution in [0.3, 0.4) is 0 Å². The molecule has 7 nitrogen and oxygen atoms in total. The predicted octanol–water partition coefficient (Wildman–Crippen LogP) is 1.80. The van der Waals surface area contributed by atoms with Gasteiger partial charge in [0.15, 0.2) is 17.3 Å². The van der Waals surface area contributed by atoms with E-state index in [1.54, 1.807) is 7.05 Å². The summed E-state index contributed by atoms with van der Waals surface area (Å²) in [6.45, 7) is -0.0130. The molecule has 20 heavy (non-hydrogen) atoms. The van der Waals surface area contributed by atoms with E-state index in [0.717, 1.165) is 6.07 Å². The highest BCUT2D eigenvalue weighted by atomic mass is 19.2. The SMILES string of the molecule is Cn1ncc(CNc2c([N+](=O)[O-])ccc(F)c2F)c1N. The summed E-state index contributed by atoms with van der Waals surface area (Å²) in [4.78, 5) is 10.0. The molecule has 0 aliphatic heterocycles. The van der Waals surface area contributed by atoms with Gasteiger partial charge >= 0.3 is 0 Å². The maximum absolute atomic E-state index is 13.6. The smallest absolute Gasteiger partial charge is 0.295 e. The van der Waals surface area contributed by atoms with Gasteiger partial charge in [-0.3, -0.25) is 14.8 Å². The Labute approximate surface area is 112 Å². The van der Waals surface area contributed by atoms with Gasteiger partial charge in [-0.25, -0.2) is 8.78 Å². The van der Waals surface area contributed by atoms with E-state index in [1.807, 2.05) is 0 Å². The third-order valence-electron chi connectivity index (χ3n) is 2.79. The summed E-state index contributed by atoms with van der Waals surface area (Å²) in [5.74, 6) is -2.14. The van der Waals surface area contributed by atoms with Crippen LogP contribution in [-0.2, 0) is 13.6 Å². The highest BCUT2D eigenvalue weighted by Crippen LogP contribution is 2.29. The largest absolute Gasteiger partial charge is 0.384 e. The number of nitro benzene ring substituents is 1. The van der Waals surface area contributed by atoms with Crippen LogP contribution in [0.2, 0.25) is 0 Å². The molecule has 0 saturated carbocycles. The molecule has 0 unspecified atom stereocenters. The van der Waals surface area contributed by atoms with Gasteiger partial charge in [-0.1, -0.05) is 0 Å². The molecule has 2 rings (SSSR count). The summed E-state index contributed by atoms with van der Waals surface area (Å²) in [6, 6.07) is 1.60. The van der Waals surface area contributed by atoms with Crippen molar-refractivity contribution in [2.45, 2.75) is 6.54 Å². The maximum Gasteiger partial charge on any atom is 0.295 e. The Morgan fingerprint density at radius 1 is 1.50 bits per heavy atom. The zero-order valence-electron chi connectivity index (χ0n) is 10.4. The molecule has 2 aromatic rings. The standard InChI is InChI=1S/C11H11F2N5O2/c1-17-11(14)6(5-16-17)4-15-10-8(18(19)20)3-2-7(12)9(10)13/h2-3,5,15H,4,14H2,1H3. The average Bonchev–Trinajstić information content (AvgIpc) is 2.71. The van der Waals surface area contributed by atoms with E-state index in [2.05, 4.69) is 10.4 Å². The molecule has 9 heteroatoms. The predicted molar refractivity (Wildman–Crippen MR) is 68.0 cm³/mol. The number of nitrogens with zero attached hydrogens (tertiary/aromatic N) is 3. The third-order valence-corrected chi connectivity index (χ3v) is 2.79. The van der Waals surface area contributed by atoms with Crippen molar-refractivity contribution in [2.24, 2.45) is 7.05 Å². The van der Waals surface area contributed by atoms with Gasteiger partial charge in [0.2, 0.25) is 0 Å². The van der Waals surface area contributed by atoms with Gasteiger partial charge in [0.1, 0.15) is 5.82 Å². The fourth-order valence-corrected chi connectivity index (χ4v) is 1.67. The number of hydrogen-bond acceptors (Lipinski definition) is 5. The number of halogens is 2. The molecule has 3 N–H and O–H groups in total. The van der Waals surface area contributed by atoms with E-state index in [0.29, 0.717) is 17.4 Å². The first kappa shape index (κ1) is 13.7. The number of aryl methyl sites for hydroxylation is 1. The zero-order chi connectivity index (χ0) is 14.9. The first-order chi connectivity index (χ1) is 9.41. The average molecular weight is 283 g/mol. The Morgan fingerprint density at radius 3 is 2.75 bits per heavy atom. The highest BCUT2D eigenvalue weighted by molar-refractivity contribution is 5.63. The Balaban J connectivity index is 2.31. The van der Waals surface area contributed by atoms with Gasteiger partial charge < -0.3 is 11.1 Å². The Hall–Kier alpha value is -2.71. The van der Waals surface area contributed by atoms with Crippen LogP contribution in [0.1, 0.15) is 5.56 Å². The van der Waals surface area contributed by atoms with Crippen molar-refractivity contribution in [3.8, 4) is 0 Å². The number of aromatic nitrogens is 2. The number of benzene rings is 1. The van der Waals surface area contributed by atoms with Gasteiger partial charge in [-0.15, -0.1) is 0 Å². The molecule has 1 aromatic heterocycles. The second kappa shape index (κ2) is 5.11. The molecule has 0 fully saturated rings. The van der Waals surface area contributed by atoms with Crippen LogP contribution in [0, 0.1) is 21.7 Å². The molecule has 0 atom stereocenters. The summed E-state index contributed by atoms with van der Waals surface area (Å²) in [7, 11) is 1.62. The number of nitrogen functional groups attached to an aromatic ring is 1. The lowest BCUT2D eigenvalue weighted by molar-refractivity contribution is -0.384. The van der Waals surface area contributed by atoms with E-state index in [9.17, 15) is 18.9 Å². The Kier molecular flexibility index (Phi) is 3.51. The van der Waals surface area contributed by atoms with Gasteiger partial charge in [0.25, 0.3) is 5.69 Å². The minimum Gasteiger partial charge on any atom is -0.384 e. The number of nitro groups is 1. The Bertz CT molecular complexity index is 671. The van der Waals surface area contributed by atoms with Gasteiger partial charge in [-0.05, 0) is 6.07 Å². The van der Waals surface area contributed by atoms with Crippen LogP contribution in [-0.4, -0.2) is 14.7 Å². The van der Waals surface area contributed by atoms with Crippen LogP contribution in [0.25, 0.3) is 0 Å². The Morgan fingerprint density at radius 2 is 2.20 bits per heavy atom. The van der Waals surface area contributed by atoms with E-state index < -0.39 is 27.9 Å². The van der Waals surface area contributed by atoms with Crippen molar-refractivity contribution in [3.05, 3.63) is 45.6 Å². The summed E-state index contributed by atoms with van der Waals surface area (Å²) in [5, 5.41) is 17.2. The van der Waals surface area contributed by atoms with E-state index >= 15 is 0 Å². The minimum atomic E-state index is -1.30. The van der Waals surface area contributed by atoms with Crippen LogP contribution in [0.5, 0.6) is 0 Å². The number of anilines is 2. The maximum atomic E-state index is 13.6. The van der Waals surface area contributed by atoms with Crippen molar-refractivity contribution < 1.29 is 13.7 Å². The molecule has 0 aliphatic rings. The second-order valence-electron chi connectivity index (χ2n) is 4.04. The van der Waals surface area contributed by atoms with Gasteiger partial charge in [-0.2, -0.15) is 5.10 Å². The van der Waals surface area contributed by atoms with Gasteiger partial charge in [0, 0.05) is 25.2 Å². The molecule has 0 amide bonds. The molecule has 0 aliphatic carbocycles. The number of nitrogens with one attached hydrogen (secondary N) is 1. The number of nitrogens with two attached hydrogens (primary N) is 1. The molecule has 0 bridgehead atoms. The van der Waals surface area contributed by atoms with Crippen molar-refractivity contribution in [1.29, 1.82) is 0 Å². The lowest BCUT2D eigenvalue weighted by atomic mass is 10.2. The summed E-state index contributed by atoms with van der Waals surface area (Å²) < 4.78 is 28.2. The van der Waals surface area contributed by atoms with Crippen LogP contribution >= 0.6 is 0 Å². The van der Waals surface area contributed by atoms with Crippen molar-refractivity contribution in [2.75, 3.05) is 11.1 Å². The molecule has 0 radical (unpaired) electrons. The molecule has 0 saturated heterocycles. The third kappa shape index (κ3) is 2.37.